The molecule has 0 amide bonds. The van der Waals surface area contributed by atoms with Crippen molar-refractivity contribution < 1.29 is 8.85 Å². The highest BCUT2D eigenvalue weighted by atomic mass is 28.3. The summed E-state index contributed by atoms with van der Waals surface area (Å²) in [5, 5.41) is 0. The summed E-state index contributed by atoms with van der Waals surface area (Å²) >= 11 is 0. The fraction of sp³-hybridized carbons (Fsp3) is 0.733. The summed E-state index contributed by atoms with van der Waals surface area (Å²) in [7, 11) is 2.73. The van der Waals surface area contributed by atoms with Crippen LogP contribution in [0.3, 0.4) is 0 Å². The fourth-order valence-electron chi connectivity index (χ4n) is 5.34. The van der Waals surface area contributed by atoms with Crippen molar-refractivity contribution in [3.63, 3.8) is 0 Å². The molecule has 0 aromatic carbocycles. The van der Waals surface area contributed by atoms with Crippen LogP contribution in [0.15, 0.2) is 46.6 Å². The fourth-order valence-corrected chi connectivity index (χ4v) is 5.58. The maximum Gasteiger partial charge on any atom is 0.303 e. The molecule has 188 valence electrons. The van der Waals surface area contributed by atoms with Crippen LogP contribution in [0.4, 0.5) is 0 Å². The zero-order valence-corrected chi connectivity index (χ0v) is 23.4. The van der Waals surface area contributed by atoms with Gasteiger partial charge in [0, 0.05) is 14.2 Å². The molecule has 0 saturated heterocycles. The van der Waals surface area contributed by atoms with Crippen molar-refractivity contribution in [3.05, 3.63) is 46.6 Å². The minimum absolute atomic E-state index is 0.568. The Bertz CT molecular complexity index is 523. The summed E-state index contributed by atoms with van der Waals surface area (Å²) in [6.45, 7) is 0. The van der Waals surface area contributed by atoms with Gasteiger partial charge < -0.3 is 8.85 Å². The molecule has 4 rings (SSSR count). The lowest BCUT2D eigenvalue weighted by molar-refractivity contribution is 0.309. The number of hydrogen-bond donors (Lipinski definition) is 0. The largest absolute Gasteiger partial charge is 0.402 e. The van der Waals surface area contributed by atoms with Crippen LogP contribution >= 0.6 is 0 Å². The van der Waals surface area contributed by atoms with Gasteiger partial charge in [-0.15, -0.1) is 0 Å². The Kier molecular flexibility index (Phi) is 16.7. The van der Waals surface area contributed by atoms with Gasteiger partial charge in [-0.2, -0.15) is 0 Å². The average Bonchev–Trinajstić information content (AvgIpc) is 3.45. The van der Waals surface area contributed by atoms with Gasteiger partial charge in [0.2, 0.25) is 0 Å². The Labute approximate surface area is 208 Å². The first kappa shape index (κ1) is 28.3. The molecule has 0 fully saturated rings. The molecule has 0 saturated carbocycles. The monoisotopic (exact) mass is 472 g/mol. The summed E-state index contributed by atoms with van der Waals surface area (Å²) in [6.07, 6.45) is 37.9. The van der Waals surface area contributed by atoms with Crippen LogP contribution in [0, 0.1) is 0 Å². The number of rotatable bonds is 4. The molecule has 0 aliphatic heterocycles. The van der Waals surface area contributed by atoms with Gasteiger partial charge in [-0.25, -0.2) is 0 Å². The van der Waals surface area contributed by atoms with Gasteiger partial charge in [-0.05, 0) is 125 Å². The molecule has 0 aromatic heterocycles. The molecule has 0 N–H and O–H groups in total. The van der Waals surface area contributed by atoms with Gasteiger partial charge in [0.25, 0.3) is 0 Å². The molecule has 0 bridgehead atoms. The lowest BCUT2D eigenvalue weighted by Gasteiger charge is -2.09. The van der Waals surface area contributed by atoms with Crippen LogP contribution < -0.4 is 0 Å². The van der Waals surface area contributed by atoms with E-state index in [0.717, 1.165) is 0 Å². The molecule has 33 heavy (non-hydrogen) atoms. The second-order valence-corrected chi connectivity index (χ2v) is 11.4. The minimum atomic E-state index is -0.568. The molecule has 0 heterocycles. The molecule has 0 spiro atoms. The third kappa shape index (κ3) is 12.9. The standard InChI is InChI=1S/2C14H22.C2H8O2Si/c2*1-2-6-10-13(9-5-1)14-11-7-3-4-8-12-14;1-3-5-4-2/h2*9,11H,1-8,10,12H2;5H2,1-2H3. The van der Waals surface area contributed by atoms with Crippen molar-refractivity contribution in [2.45, 2.75) is 128 Å². The number of hydrogen-bond acceptors (Lipinski definition) is 2. The lowest BCUT2D eigenvalue weighted by Crippen LogP contribution is -1.93. The second kappa shape index (κ2) is 19.4. The molecule has 0 unspecified atom stereocenters. The Morgan fingerprint density at radius 2 is 0.697 bits per heavy atom. The zero-order chi connectivity index (χ0) is 23.4. The van der Waals surface area contributed by atoms with Crippen molar-refractivity contribution >= 4 is 10.0 Å². The van der Waals surface area contributed by atoms with E-state index in [-0.39, 0.29) is 0 Å². The molecule has 4 aliphatic carbocycles. The Balaban J connectivity index is 0.000000195. The van der Waals surface area contributed by atoms with Crippen molar-refractivity contribution in [3.8, 4) is 0 Å². The van der Waals surface area contributed by atoms with Gasteiger partial charge in [-0.1, -0.05) is 50.0 Å². The van der Waals surface area contributed by atoms with Crippen molar-refractivity contribution in [2.75, 3.05) is 14.2 Å². The Morgan fingerprint density at radius 1 is 0.424 bits per heavy atom. The summed E-state index contributed by atoms with van der Waals surface area (Å²) < 4.78 is 9.22. The van der Waals surface area contributed by atoms with E-state index in [1.807, 2.05) is 0 Å². The molecule has 0 radical (unpaired) electrons. The highest BCUT2D eigenvalue weighted by molar-refractivity contribution is 6.17. The summed E-state index contributed by atoms with van der Waals surface area (Å²) in [5.74, 6) is 0. The van der Waals surface area contributed by atoms with E-state index in [9.17, 15) is 0 Å². The van der Waals surface area contributed by atoms with Crippen molar-refractivity contribution in [2.24, 2.45) is 0 Å². The highest BCUT2D eigenvalue weighted by Gasteiger charge is 2.10. The van der Waals surface area contributed by atoms with E-state index < -0.39 is 10.0 Å². The number of allylic oxidation sites excluding steroid dienone is 8. The van der Waals surface area contributed by atoms with E-state index in [4.69, 9.17) is 0 Å². The second-order valence-electron chi connectivity index (χ2n) is 10.0. The molecule has 4 aliphatic rings. The first-order chi connectivity index (χ1) is 16.3. The van der Waals surface area contributed by atoms with Crippen molar-refractivity contribution in [1.29, 1.82) is 0 Å². The quantitative estimate of drug-likeness (QED) is 0.380. The maximum atomic E-state index is 4.61. The first-order valence-corrected chi connectivity index (χ1v) is 15.3. The van der Waals surface area contributed by atoms with Gasteiger partial charge in [0.05, 0.1) is 0 Å². The van der Waals surface area contributed by atoms with E-state index in [0.29, 0.717) is 0 Å². The Hall–Kier alpha value is -0.903. The first-order valence-electron chi connectivity index (χ1n) is 14.1. The van der Waals surface area contributed by atoms with E-state index >= 15 is 0 Å². The third-order valence-corrected chi connectivity index (χ3v) is 7.70. The molecular formula is C30H52O2Si. The Morgan fingerprint density at radius 3 is 0.909 bits per heavy atom. The van der Waals surface area contributed by atoms with Crippen molar-refractivity contribution in [1.82, 2.24) is 0 Å². The highest BCUT2D eigenvalue weighted by Crippen LogP contribution is 2.30. The third-order valence-electron chi connectivity index (χ3n) is 7.22. The van der Waals surface area contributed by atoms with Crippen LogP contribution in [-0.2, 0) is 8.85 Å². The van der Waals surface area contributed by atoms with Gasteiger partial charge >= 0.3 is 10.0 Å². The van der Waals surface area contributed by atoms with Crippen LogP contribution in [0.25, 0.3) is 0 Å². The lowest BCUT2D eigenvalue weighted by atomic mass is 9.97. The SMILES string of the molecule is C1=C(C2=CCCCCC2)CCCCC1.C1=C(C2=CCCCCC2)CCCCC1.CO[SiH2]OC. The van der Waals surface area contributed by atoms with Gasteiger partial charge in [-0.3, -0.25) is 0 Å². The molecule has 3 heteroatoms. The van der Waals surface area contributed by atoms with E-state index in [1.54, 1.807) is 36.5 Å². The topological polar surface area (TPSA) is 18.5 Å². The van der Waals surface area contributed by atoms with Gasteiger partial charge in [0.1, 0.15) is 0 Å². The predicted molar refractivity (Wildman–Crippen MR) is 147 cm³/mol. The van der Waals surface area contributed by atoms with Crippen LogP contribution in [-0.4, -0.2) is 24.2 Å². The minimum Gasteiger partial charge on any atom is -0.402 e. The van der Waals surface area contributed by atoms with Gasteiger partial charge in [0.15, 0.2) is 0 Å². The average molecular weight is 473 g/mol. The smallest absolute Gasteiger partial charge is 0.303 e. The summed E-state index contributed by atoms with van der Waals surface area (Å²) in [5.41, 5.74) is 6.79. The summed E-state index contributed by atoms with van der Waals surface area (Å²) in [6, 6.07) is 0. The molecule has 0 atom stereocenters. The van der Waals surface area contributed by atoms with Crippen LogP contribution in [0.5, 0.6) is 0 Å². The molecule has 2 nitrogen and oxygen atoms in total. The molecular weight excluding hydrogens is 420 g/mol. The van der Waals surface area contributed by atoms with E-state index in [2.05, 4.69) is 33.2 Å². The zero-order valence-electron chi connectivity index (χ0n) is 22.0. The van der Waals surface area contributed by atoms with Crippen LogP contribution in [0.2, 0.25) is 0 Å². The molecule has 0 aromatic rings. The normalized spacial score (nSPS) is 22.1. The maximum absolute atomic E-state index is 4.61. The summed E-state index contributed by atoms with van der Waals surface area (Å²) in [4.78, 5) is 0. The van der Waals surface area contributed by atoms with Crippen LogP contribution in [0.1, 0.15) is 128 Å². The predicted octanol–water partition coefficient (Wildman–Crippen LogP) is 8.81. The van der Waals surface area contributed by atoms with E-state index in [1.165, 1.54) is 128 Å².